The number of carbonyl (C=O) groups is 1. The lowest BCUT2D eigenvalue weighted by molar-refractivity contribution is 0.0403. The Morgan fingerprint density at radius 2 is 1.53 bits per heavy atom. The van der Waals surface area contributed by atoms with E-state index in [9.17, 15) is 9.18 Å². The number of rotatable bonds is 14. The number of fused-ring (bicyclic) bond motifs is 1. The molecule has 0 aliphatic heterocycles. The summed E-state index contributed by atoms with van der Waals surface area (Å²) >= 11 is 0. The summed E-state index contributed by atoms with van der Waals surface area (Å²) in [6.07, 6.45) is 1.14. The van der Waals surface area contributed by atoms with Crippen molar-refractivity contribution in [1.82, 2.24) is 10.6 Å². The molecule has 1 heterocycles. The first-order chi connectivity index (χ1) is 18.3. The molecular weight excluding hydrogens is 487 g/mol. The molecule has 0 bridgehead atoms. The number of amides is 1. The first-order valence-corrected chi connectivity index (χ1v) is 13.4. The standard InChI is InChI=1S/C28H37FN2O5.C2H6/c1-28(2,3)36-27(32)31-13-15-34-17-16-33-14-12-30-20-22-4-8-23-19-25(35-26(23)18-22)11-7-21-5-9-24(29)10-6-21;1-2/h4-6,8-10,18-19,30H,7,11-17,20H2,1-3H3,(H,31,32);1-2H3. The van der Waals surface area contributed by atoms with Gasteiger partial charge in [-0.05, 0) is 62.6 Å². The zero-order chi connectivity index (χ0) is 27.8. The lowest BCUT2D eigenvalue weighted by Crippen LogP contribution is -2.34. The van der Waals surface area contributed by atoms with E-state index in [4.69, 9.17) is 18.6 Å². The van der Waals surface area contributed by atoms with Crippen LogP contribution in [0.3, 0.4) is 0 Å². The van der Waals surface area contributed by atoms with Crippen LogP contribution in [0.4, 0.5) is 9.18 Å². The van der Waals surface area contributed by atoms with E-state index < -0.39 is 11.7 Å². The average molecular weight is 531 g/mol. The van der Waals surface area contributed by atoms with Crippen molar-refractivity contribution in [2.45, 2.75) is 59.6 Å². The zero-order valence-corrected chi connectivity index (χ0v) is 23.4. The Hall–Kier alpha value is -2.94. The second-order valence-corrected chi connectivity index (χ2v) is 9.54. The van der Waals surface area contributed by atoms with Crippen molar-refractivity contribution >= 4 is 17.1 Å². The van der Waals surface area contributed by atoms with Crippen molar-refractivity contribution in [1.29, 1.82) is 0 Å². The molecular formula is C30H43FN2O5. The predicted octanol–water partition coefficient (Wildman–Crippen LogP) is 6.03. The number of carbonyl (C=O) groups excluding carboxylic acids is 1. The minimum Gasteiger partial charge on any atom is -0.461 e. The third-order valence-electron chi connectivity index (χ3n) is 5.25. The van der Waals surface area contributed by atoms with Crippen LogP contribution in [0.25, 0.3) is 11.0 Å². The number of hydrogen-bond acceptors (Lipinski definition) is 6. The number of alkyl carbamates (subject to hydrolysis) is 1. The number of ether oxygens (including phenoxy) is 3. The van der Waals surface area contributed by atoms with Crippen LogP contribution in [0.1, 0.15) is 51.5 Å². The molecule has 3 rings (SSSR count). The van der Waals surface area contributed by atoms with E-state index in [-0.39, 0.29) is 5.82 Å². The molecule has 1 amide bonds. The van der Waals surface area contributed by atoms with Crippen molar-refractivity contribution < 1.29 is 27.8 Å². The summed E-state index contributed by atoms with van der Waals surface area (Å²) in [4.78, 5) is 11.5. The van der Waals surface area contributed by atoms with Gasteiger partial charge >= 0.3 is 6.09 Å². The van der Waals surface area contributed by atoms with Gasteiger partial charge in [-0.2, -0.15) is 0 Å². The fraction of sp³-hybridized carbons (Fsp3) is 0.500. The highest BCUT2D eigenvalue weighted by molar-refractivity contribution is 5.78. The van der Waals surface area contributed by atoms with Crippen LogP contribution < -0.4 is 10.6 Å². The van der Waals surface area contributed by atoms with Crippen LogP contribution in [0.2, 0.25) is 0 Å². The second kappa shape index (κ2) is 16.8. The van der Waals surface area contributed by atoms with Crippen LogP contribution in [-0.4, -0.2) is 51.2 Å². The van der Waals surface area contributed by atoms with E-state index in [1.54, 1.807) is 0 Å². The Morgan fingerprint density at radius 1 is 0.868 bits per heavy atom. The first kappa shape index (κ1) is 31.3. The Kier molecular flexibility index (Phi) is 13.8. The maximum Gasteiger partial charge on any atom is 0.407 e. The highest BCUT2D eigenvalue weighted by Crippen LogP contribution is 2.22. The third-order valence-corrected chi connectivity index (χ3v) is 5.25. The maximum absolute atomic E-state index is 13.1. The summed E-state index contributed by atoms with van der Waals surface area (Å²) in [7, 11) is 0. The zero-order valence-electron chi connectivity index (χ0n) is 23.4. The van der Waals surface area contributed by atoms with Gasteiger partial charge in [0.25, 0.3) is 0 Å². The molecule has 0 aliphatic rings. The average Bonchev–Trinajstić information content (AvgIpc) is 3.29. The summed E-state index contributed by atoms with van der Waals surface area (Å²) in [5.41, 5.74) is 2.60. The van der Waals surface area contributed by atoms with Gasteiger partial charge in [-0.15, -0.1) is 0 Å². The van der Waals surface area contributed by atoms with Gasteiger partial charge in [0.1, 0.15) is 22.8 Å². The van der Waals surface area contributed by atoms with Crippen molar-refractivity contribution in [2.75, 3.05) is 39.5 Å². The van der Waals surface area contributed by atoms with Gasteiger partial charge in [-0.3, -0.25) is 0 Å². The van der Waals surface area contributed by atoms with Gasteiger partial charge in [-0.25, -0.2) is 9.18 Å². The van der Waals surface area contributed by atoms with E-state index in [2.05, 4.69) is 34.9 Å². The number of benzene rings is 2. The summed E-state index contributed by atoms with van der Waals surface area (Å²) in [5.74, 6) is 0.710. The van der Waals surface area contributed by atoms with Crippen LogP contribution in [0.5, 0.6) is 0 Å². The molecule has 0 aliphatic carbocycles. The minimum atomic E-state index is -0.505. The van der Waals surface area contributed by atoms with Gasteiger partial charge in [0.2, 0.25) is 0 Å². The summed E-state index contributed by atoms with van der Waals surface area (Å²) in [5, 5.41) is 7.09. The van der Waals surface area contributed by atoms with Crippen LogP contribution in [0, 0.1) is 5.82 Å². The number of aryl methyl sites for hydroxylation is 2. The maximum atomic E-state index is 13.1. The van der Waals surface area contributed by atoms with E-state index in [0.29, 0.717) is 33.0 Å². The quantitative estimate of drug-likeness (QED) is 0.248. The molecule has 38 heavy (non-hydrogen) atoms. The second-order valence-electron chi connectivity index (χ2n) is 9.54. The van der Waals surface area contributed by atoms with Crippen molar-refractivity contribution in [3.05, 3.63) is 71.2 Å². The smallest absolute Gasteiger partial charge is 0.407 e. The SMILES string of the molecule is CC.CC(C)(C)OC(=O)NCCOCCOCCNCc1ccc2cc(CCc3ccc(F)cc3)oc2c1. The molecule has 0 spiro atoms. The minimum absolute atomic E-state index is 0.217. The molecule has 210 valence electrons. The van der Waals surface area contributed by atoms with E-state index in [0.717, 1.165) is 53.8 Å². The number of hydrogen-bond donors (Lipinski definition) is 2. The number of furan rings is 1. The van der Waals surface area contributed by atoms with Gasteiger partial charge in [0.05, 0.1) is 26.4 Å². The molecule has 3 aromatic rings. The molecule has 1 aromatic heterocycles. The van der Waals surface area contributed by atoms with Crippen LogP contribution in [0.15, 0.2) is 52.9 Å². The highest BCUT2D eigenvalue weighted by atomic mass is 19.1. The summed E-state index contributed by atoms with van der Waals surface area (Å²) in [6, 6.07) is 14.9. The first-order valence-electron chi connectivity index (χ1n) is 13.4. The molecule has 0 unspecified atom stereocenters. The summed E-state index contributed by atoms with van der Waals surface area (Å²) < 4.78 is 35.2. The van der Waals surface area contributed by atoms with Crippen molar-refractivity contribution in [3.63, 3.8) is 0 Å². The molecule has 0 saturated carbocycles. The molecule has 2 N–H and O–H groups in total. The lowest BCUT2D eigenvalue weighted by Gasteiger charge is -2.19. The van der Waals surface area contributed by atoms with E-state index in [1.165, 1.54) is 12.1 Å². The fourth-order valence-electron chi connectivity index (χ4n) is 3.52. The van der Waals surface area contributed by atoms with Crippen LogP contribution in [-0.2, 0) is 33.6 Å². The lowest BCUT2D eigenvalue weighted by atomic mass is 10.1. The third kappa shape index (κ3) is 12.5. The molecule has 0 radical (unpaired) electrons. The van der Waals surface area contributed by atoms with E-state index >= 15 is 0 Å². The topological polar surface area (TPSA) is 82.0 Å². The van der Waals surface area contributed by atoms with E-state index in [1.807, 2.05) is 46.8 Å². The van der Waals surface area contributed by atoms with Crippen molar-refractivity contribution in [3.8, 4) is 0 Å². The van der Waals surface area contributed by atoms with Gasteiger partial charge in [0, 0.05) is 31.4 Å². The van der Waals surface area contributed by atoms with Crippen molar-refractivity contribution in [2.24, 2.45) is 0 Å². The molecule has 0 saturated heterocycles. The normalized spacial score (nSPS) is 11.2. The Morgan fingerprint density at radius 3 is 2.21 bits per heavy atom. The van der Waals surface area contributed by atoms with Gasteiger partial charge < -0.3 is 29.3 Å². The largest absolute Gasteiger partial charge is 0.461 e. The van der Waals surface area contributed by atoms with Gasteiger partial charge in [-0.1, -0.05) is 38.1 Å². The van der Waals surface area contributed by atoms with Gasteiger partial charge in [0.15, 0.2) is 0 Å². The fourth-order valence-corrected chi connectivity index (χ4v) is 3.52. The predicted molar refractivity (Wildman–Crippen MR) is 149 cm³/mol. The monoisotopic (exact) mass is 530 g/mol. The Bertz CT molecular complexity index is 1080. The molecule has 0 fully saturated rings. The number of nitrogens with one attached hydrogen (secondary N) is 2. The Labute approximate surface area is 226 Å². The molecule has 7 nitrogen and oxygen atoms in total. The highest BCUT2D eigenvalue weighted by Gasteiger charge is 2.15. The molecule has 0 atom stereocenters. The Balaban J connectivity index is 0.00000247. The van der Waals surface area contributed by atoms with Crippen LogP contribution >= 0.6 is 0 Å². The molecule has 8 heteroatoms. The molecule has 2 aromatic carbocycles. The number of halogens is 1. The summed E-state index contributed by atoms with van der Waals surface area (Å²) in [6.45, 7) is 13.2.